The molecule has 3 fully saturated rings. The topological polar surface area (TPSA) is 251 Å². The minimum absolute atomic E-state index is 0.0198. The van der Waals surface area contributed by atoms with E-state index < -0.39 is 48.0 Å². The van der Waals surface area contributed by atoms with E-state index in [1.54, 1.807) is 0 Å². The molecule has 9 atom stereocenters. The van der Waals surface area contributed by atoms with Gasteiger partial charge in [-0.15, -0.1) is 0 Å². The number of nitrogens with zero attached hydrogens (tertiary/aromatic N) is 5. The van der Waals surface area contributed by atoms with E-state index in [1.807, 2.05) is 0 Å². The van der Waals surface area contributed by atoms with Gasteiger partial charge in [0.05, 0.1) is 6.10 Å². The third-order valence-corrected chi connectivity index (χ3v) is 11.8. The molecule has 0 radical (unpaired) electrons. The number of carbonyl (C=O) groups excluding carboxylic acids is 3. The van der Waals surface area contributed by atoms with Crippen LogP contribution in [0.5, 0.6) is 0 Å². The minimum Gasteiger partial charge on any atom is -0.447 e. The zero-order valence-corrected chi connectivity index (χ0v) is 37.9. The average molecular weight is 897 g/mol. The van der Waals surface area contributed by atoms with Crippen molar-refractivity contribution in [3.05, 3.63) is 26.7 Å². The second-order valence-electron chi connectivity index (χ2n) is 17.7. The van der Waals surface area contributed by atoms with Crippen LogP contribution < -0.4 is 33.1 Å². The monoisotopic (exact) mass is 897 g/mol. The van der Waals surface area contributed by atoms with Crippen molar-refractivity contribution in [3.8, 4) is 0 Å². The number of hydrogen-bond donors (Lipinski definition) is 6. The summed E-state index contributed by atoms with van der Waals surface area (Å²) in [5, 5.41) is 38.2. The third kappa shape index (κ3) is 21.5. The van der Waals surface area contributed by atoms with Crippen LogP contribution in [0.2, 0.25) is 0 Å². The van der Waals surface area contributed by atoms with Gasteiger partial charge in [0.25, 0.3) is 0 Å². The van der Waals surface area contributed by atoms with E-state index in [1.165, 1.54) is 4.57 Å². The van der Waals surface area contributed by atoms with Gasteiger partial charge in [-0.1, -0.05) is 45.4 Å². The molecule has 20 nitrogen and oxygen atoms in total. The third-order valence-electron chi connectivity index (χ3n) is 11.8. The number of rotatable bonds is 33. The Labute approximate surface area is 370 Å². The fourth-order valence-electron chi connectivity index (χ4n) is 7.38. The molecule has 2 saturated heterocycles. The van der Waals surface area contributed by atoms with Gasteiger partial charge in [0.2, 0.25) is 0 Å². The van der Waals surface area contributed by atoms with E-state index in [9.17, 15) is 39.3 Å². The largest absolute Gasteiger partial charge is 0.447 e. The smallest absolute Gasteiger partial charge is 0.425 e. The van der Waals surface area contributed by atoms with Crippen LogP contribution in [-0.2, 0) is 27.3 Å². The van der Waals surface area contributed by atoms with Crippen LogP contribution in [0.3, 0.4) is 0 Å². The molecule has 0 bridgehead atoms. The first-order chi connectivity index (χ1) is 30.3. The van der Waals surface area contributed by atoms with Gasteiger partial charge in [-0.3, -0.25) is 9.80 Å². The molecular weight excluding hydrogens is 821 g/mol. The van der Waals surface area contributed by atoms with Gasteiger partial charge in [-0.25, -0.2) is 38.1 Å². The molecule has 1 saturated carbocycles. The first-order valence-corrected chi connectivity index (χ1v) is 23.4. The number of aromatic nitrogens is 2. The molecule has 4 rings (SSSR count). The molecule has 360 valence electrons. The molecular formula is C43H76N8O12. The molecule has 63 heavy (non-hydrogen) atoms. The van der Waals surface area contributed by atoms with E-state index in [0.717, 1.165) is 62.6 Å². The highest BCUT2D eigenvalue weighted by atomic mass is 16.6. The molecule has 6 N–H and O–H groups in total. The molecule has 3 aliphatic rings. The normalized spacial score (nSPS) is 22.7. The van der Waals surface area contributed by atoms with Crippen LogP contribution in [-0.4, -0.2) is 155 Å². The van der Waals surface area contributed by atoms with Crippen LogP contribution in [0.25, 0.3) is 0 Å². The summed E-state index contributed by atoms with van der Waals surface area (Å²) in [6.45, 7) is 11.1. The van der Waals surface area contributed by atoms with Crippen LogP contribution in [0, 0.1) is 11.8 Å². The van der Waals surface area contributed by atoms with Crippen molar-refractivity contribution < 1.29 is 48.3 Å². The van der Waals surface area contributed by atoms with Gasteiger partial charge < -0.3 is 49.9 Å². The maximum atomic E-state index is 13.7. The molecule has 1 aliphatic carbocycles. The summed E-state index contributed by atoms with van der Waals surface area (Å²) in [5.74, 6) is 0.366. The summed E-state index contributed by atoms with van der Waals surface area (Å²) in [5.41, 5.74) is -0.508. The second kappa shape index (κ2) is 28.0. The number of alkyl carbamates (subject to hydrolysis) is 3. The zero-order valence-electron chi connectivity index (χ0n) is 37.9. The van der Waals surface area contributed by atoms with Crippen molar-refractivity contribution in [2.45, 2.75) is 154 Å². The summed E-state index contributed by atoms with van der Waals surface area (Å²) in [6.07, 6.45) is 6.52. The molecule has 1 aromatic rings. The second-order valence-corrected chi connectivity index (χ2v) is 17.7. The number of amides is 3. The van der Waals surface area contributed by atoms with Crippen LogP contribution in [0.1, 0.15) is 111 Å². The van der Waals surface area contributed by atoms with Crippen molar-refractivity contribution in [2.75, 3.05) is 72.2 Å². The molecule has 0 aromatic carbocycles. The van der Waals surface area contributed by atoms with E-state index in [-0.39, 0.29) is 32.0 Å². The Morgan fingerprint density at radius 1 is 0.651 bits per heavy atom. The maximum absolute atomic E-state index is 13.7. The fourth-order valence-corrected chi connectivity index (χ4v) is 7.38. The van der Waals surface area contributed by atoms with E-state index >= 15 is 0 Å². The number of ether oxygens (including phenoxy) is 3. The molecule has 0 spiro atoms. The Balaban J connectivity index is 1.15. The summed E-state index contributed by atoms with van der Waals surface area (Å²) in [4.78, 5) is 71.3. The number of hydrogen-bond acceptors (Lipinski definition) is 15. The van der Waals surface area contributed by atoms with Crippen LogP contribution in [0.4, 0.5) is 14.4 Å². The Bertz CT molecular complexity index is 1720. The van der Waals surface area contributed by atoms with E-state index in [4.69, 9.17) is 18.6 Å². The van der Waals surface area contributed by atoms with Crippen molar-refractivity contribution in [1.82, 2.24) is 34.9 Å². The first-order valence-electron chi connectivity index (χ1n) is 23.4. The quantitative estimate of drug-likeness (QED) is 0.0335. The number of aliphatic hydroxyl groups is 3. The minimum atomic E-state index is -0.771. The highest BCUT2D eigenvalue weighted by Gasteiger charge is 2.34. The predicted octanol–water partition coefficient (Wildman–Crippen LogP) is 1.90. The lowest BCUT2D eigenvalue weighted by molar-refractivity contribution is 0.0593. The van der Waals surface area contributed by atoms with E-state index in [0.29, 0.717) is 115 Å². The van der Waals surface area contributed by atoms with Crippen LogP contribution in [0.15, 0.2) is 19.0 Å². The van der Waals surface area contributed by atoms with Gasteiger partial charge in [0.1, 0.15) is 32.0 Å². The number of unbranched alkanes of at least 4 members (excludes halogenated alkanes) is 9. The summed E-state index contributed by atoms with van der Waals surface area (Å²) in [7, 11) is 0. The van der Waals surface area contributed by atoms with E-state index in [2.05, 4.69) is 51.5 Å². The summed E-state index contributed by atoms with van der Waals surface area (Å²) < 4.78 is 23.5. The predicted molar refractivity (Wildman–Crippen MR) is 233 cm³/mol. The number of nitrogens with one attached hydrogen (secondary N) is 3. The Morgan fingerprint density at radius 3 is 1.51 bits per heavy atom. The van der Waals surface area contributed by atoms with Crippen molar-refractivity contribution >= 4 is 18.3 Å². The lowest BCUT2D eigenvalue weighted by atomic mass is 10.1. The van der Waals surface area contributed by atoms with Gasteiger partial charge in [-0.05, 0) is 77.0 Å². The fraction of sp³-hybridized carbons (Fsp3) is 0.860. The summed E-state index contributed by atoms with van der Waals surface area (Å²) >= 11 is 0. The number of β-amino-alcohol motifs (C(OH)–C–C–N with tert-alkyl or cyclic N) is 2. The Hall–Kier alpha value is -3.98. The molecule has 3 amide bonds. The Morgan fingerprint density at radius 2 is 1.06 bits per heavy atom. The number of aliphatic hydroxyl groups excluding tert-OH is 3. The van der Waals surface area contributed by atoms with Gasteiger partial charge in [0, 0.05) is 77.5 Å². The SMILES string of the molecule is CC1CC1CC(O)COC(=O)NCCCCCCn1c(=NCCCCCCNC(=O)OCC(O)CN2CC2C)oc(=O)n(CCCCCCNC(=O)OCC(O)CN2CC2C)c1=O. The van der Waals surface area contributed by atoms with Gasteiger partial charge >= 0.3 is 35.4 Å². The molecule has 1 aromatic heterocycles. The highest BCUT2D eigenvalue weighted by molar-refractivity contribution is 5.67. The highest BCUT2D eigenvalue weighted by Crippen LogP contribution is 2.41. The molecule has 2 aliphatic heterocycles. The average Bonchev–Trinajstić information content (AvgIpc) is 4.21. The Kier molecular flexibility index (Phi) is 23.0. The molecule has 20 heteroatoms. The van der Waals surface area contributed by atoms with Crippen molar-refractivity contribution in [2.24, 2.45) is 16.8 Å². The van der Waals surface area contributed by atoms with Gasteiger partial charge in [-0.2, -0.15) is 0 Å². The molecule has 3 heterocycles. The lowest BCUT2D eigenvalue weighted by Crippen LogP contribution is -2.47. The van der Waals surface area contributed by atoms with Crippen molar-refractivity contribution in [3.63, 3.8) is 0 Å². The standard InChI is InChI=1S/C43H76N8O12/c1-31-22-34(31)23-35(52)28-60-39(55)45-18-12-6-8-14-20-50-38(44-16-10-4-5-11-17-46-40(56)61-29-36(53)26-48-24-32(48)2)63-43(59)51(42(50)58)21-15-9-7-13-19-47-41(57)62-30-37(54)27-49-25-33(49)3/h31-37,52-54H,4-30H2,1-3H3,(H,45,55)(H,46,56)(H,47,57). The maximum Gasteiger partial charge on any atom is 0.425 e. The summed E-state index contributed by atoms with van der Waals surface area (Å²) in [6, 6.07) is 0.927. The van der Waals surface area contributed by atoms with Crippen molar-refractivity contribution in [1.29, 1.82) is 0 Å². The lowest BCUT2D eigenvalue weighted by Gasteiger charge is -2.12. The van der Waals surface area contributed by atoms with Crippen LogP contribution >= 0.6 is 0 Å². The van der Waals surface area contributed by atoms with Gasteiger partial charge in [0.15, 0.2) is 0 Å². The first kappa shape index (κ1) is 51.7. The zero-order chi connectivity index (χ0) is 45.6. The number of carbonyl (C=O) groups is 3. The molecule has 9 unspecified atom stereocenters.